The van der Waals surface area contributed by atoms with Gasteiger partial charge in [0, 0.05) is 25.7 Å². The number of esters is 4. The molecule has 0 aromatic carbocycles. The van der Waals surface area contributed by atoms with E-state index in [9.17, 15) is 43.2 Å². The van der Waals surface area contributed by atoms with Crippen molar-refractivity contribution >= 4 is 39.5 Å². The van der Waals surface area contributed by atoms with Crippen LogP contribution in [0.5, 0.6) is 0 Å². The molecule has 0 bridgehead atoms. The molecule has 0 radical (unpaired) electrons. The number of phosphoric ester groups is 2. The lowest BCUT2D eigenvalue weighted by molar-refractivity contribution is -0.161. The van der Waals surface area contributed by atoms with Gasteiger partial charge in [-0.2, -0.15) is 0 Å². The highest BCUT2D eigenvalue weighted by Gasteiger charge is 2.30. The number of phosphoric acid groups is 2. The van der Waals surface area contributed by atoms with E-state index < -0.39 is 97.5 Å². The van der Waals surface area contributed by atoms with Crippen LogP contribution in [0.25, 0.3) is 0 Å². The van der Waals surface area contributed by atoms with E-state index in [-0.39, 0.29) is 25.7 Å². The van der Waals surface area contributed by atoms with E-state index >= 15 is 0 Å². The van der Waals surface area contributed by atoms with Crippen molar-refractivity contribution in [2.45, 2.75) is 432 Å². The van der Waals surface area contributed by atoms with Crippen LogP contribution in [0.15, 0.2) is 0 Å². The Morgan fingerprint density at radius 2 is 0.469 bits per heavy atom. The number of aliphatic hydroxyl groups is 1. The van der Waals surface area contributed by atoms with E-state index in [0.717, 1.165) is 102 Å². The van der Waals surface area contributed by atoms with Crippen LogP contribution in [0.1, 0.15) is 414 Å². The Morgan fingerprint density at radius 1 is 0.276 bits per heavy atom. The highest BCUT2D eigenvalue weighted by atomic mass is 31.2. The quantitative estimate of drug-likeness (QED) is 0.0222. The molecule has 17 nitrogen and oxygen atoms in total. The number of ether oxygens (including phenoxy) is 4. The van der Waals surface area contributed by atoms with Gasteiger partial charge in [-0.3, -0.25) is 37.3 Å². The summed E-state index contributed by atoms with van der Waals surface area (Å²) in [5.74, 6) is -0.608. The lowest BCUT2D eigenvalue weighted by Crippen LogP contribution is -2.30. The summed E-state index contributed by atoms with van der Waals surface area (Å²) in [6, 6.07) is 0. The van der Waals surface area contributed by atoms with Crippen LogP contribution in [0.2, 0.25) is 0 Å². The topological polar surface area (TPSA) is 237 Å². The average molecular weight is 1440 g/mol. The first-order valence-electron chi connectivity index (χ1n) is 41.0. The molecule has 3 N–H and O–H groups in total. The Morgan fingerprint density at radius 3 is 0.694 bits per heavy atom. The number of hydrogen-bond donors (Lipinski definition) is 3. The van der Waals surface area contributed by atoms with Crippen molar-refractivity contribution in [3.05, 3.63) is 0 Å². The predicted octanol–water partition coefficient (Wildman–Crippen LogP) is 23.5. The van der Waals surface area contributed by atoms with Crippen molar-refractivity contribution in [3.8, 4) is 0 Å². The third-order valence-electron chi connectivity index (χ3n) is 18.5. The molecule has 0 amide bonds. The van der Waals surface area contributed by atoms with Gasteiger partial charge in [0.1, 0.15) is 19.3 Å². The maximum absolute atomic E-state index is 13.1. The molecule has 0 spiro atoms. The zero-order valence-electron chi connectivity index (χ0n) is 64.1. The molecular weight excluding hydrogens is 1280 g/mol. The van der Waals surface area contributed by atoms with E-state index in [2.05, 4.69) is 41.5 Å². The second-order valence-corrected chi connectivity index (χ2v) is 32.3. The number of hydrogen-bond acceptors (Lipinski definition) is 15. The van der Waals surface area contributed by atoms with Gasteiger partial charge in [-0.15, -0.1) is 0 Å². The van der Waals surface area contributed by atoms with Gasteiger partial charge >= 0.3 is 39.5 Å². The van der Waals surface area contributed by atoms with Gasteiger partial charge in [0.25, 0.3) is 0 Å². The largest absolute Gasteiger partial charge is 0.472 e. The van der Waals surface area contributed by atoms with Crippen LogP contribution in [0, 0.1) is 11.8 Å². The maximum Gasteiger partial charge on any atom is 0.472 e. The first kappa shape index (κ1) is 96.1. The molecule has 0 saturated carbocycles. The zero-order chi connectivity index (χ0) is 72.1. The third kappa shape index (κ3) is 72.4. The smallest absolute Gasteiger partial charge is 0.462 e. The van der Waals surface area contributed by atoms with E-state index in [1.54, 1.807) is 0 Å². The van der Waals surface area contributed by atoms with Crippen LogP contribution in [0.4, 0.5) is 0 Å². The normalized spacial score (nSPS) is 13.9. The van der Waals surface area contributed by atoms with Gasteiger partial charge in [0.2, 0.25) is 0 Å². The van der Waals surface area contributed by atoms with Crippen molar-refractivity contribution in [2.75, 3.05) is 39.6 Å². The molecule has 19 heteroatoms. The van der Waals surface area contributed by atoms with Gasteiger partial charge in [-0.25, -0.2) is 9.13 Å². The first-order valence-corrected chi connectivity index (χ1v) is 44.0. The Labute approximate surface area is 600 Å². The highest BCUT2D eigenvalue weighted by Crippen LogP contribution is 2.45. The summed E-state index contributed by atoms with van der Waals surface area (Å²) in [5.41, 5.74) is 0. The van der Waals surface area contributed by atoms with Gasteiger partial charge in [-0.05, 0) is 37.5 Å². The fourth-order valence-corrected chi connectivity index (χ4v) is 13.8. The lowest BCUT2D eigenvalue weighted by atomic mass is 10.0. The Hall–Kier alpha value is -1.94. The van der Waals surface area contributed by atoms with Crippen LogP contribution in [-0.4, -0.2) is 96.7 Å². The molecule has 0 aromatic heterocycles. The van der Waals surface area contributed by atoms with Crippen LogP contribution in [-0.2, 0) is 65.4 Å². The molecule has 0 aliphatic rings. The van der Waals surface area contributed by atoms with E-state index in [1.807, 2.05) is 0 Å². The SMILES string of the molecule is CCCCCCCCCCCCCCCCCCCCCCC(=O)O[C@H](COC(=O)CCCCCCCCCCCCCCCCC(C)C)COP(=O)(O)OC[C@@H](O)COP(=O)(O)OC[C@@H](COC(=O)CCCCCCCCCC(C)C)OC(=O)CCCCCCCCCCCCC. The summed E-state index contributed by atoms with van der Waals surface area (Å²) in [5, 5.41) is 10.6. The molecule has 0 aromatic rings. The van der Waals surface area contributed by atoms with Gasteiger partial charge in [-0.1, -0.05) is 363 Å². The number of rotatable bonds is 78. The number of aliphatic hydroxyl groups excluding tert-OH is 1. The number of unbranched alkanes of at least 4 members (excludes halogenated alkanes) is 48. The monoisotopic (exact) mass is 1440 g/mol. The molecule has 0 fully saturated rings. The molecule has 2 unspecified atom stereocenters. The minimum atomic E-state index is -4.96. The highest BCUT2D eigenvalue weighted by molar-refractivity contribution is 7.47. The van der Waals surface area contributed by atoms with Crippen molar-refractivity contribution < 1.29 is 80.2 Å². The van der Waals surface area contributed by atoms with Crippen molar-refractivity contribution in [3.63, 3.8) is 0 Å². The molecule has 0 aliphatic heterocycles. The summed E-state index contributed by atoms with van der Waals surface area (Å²) >= 11 is 0. The molecule has 0 saturated heterocycles. The molecule has 98 heavy (non-hydrogen) atoms. The van der Waals surface area contributed by atoms with Crippen molar-refractivity contribution in [2.24, 2.45) is 11.8 Å². The minimum Gasteiger partial charge on any atom is -0.462 e. The molecule has 0 heterocycles. The first-order chi connectivity index (χ1) is 47.4. The fraction of sp³-hybridized carbons (Fsp3) is 0.949. The standard InChI is InChI=1S/C79H154O17P2/c1-7-9-11-13-15-17-19-20-21-22-23-24-25-26-31-35-39-45-52-58-64-79(84)95-74(67-89-76(81)61-55-49-43-37-34-30-28-27-29-33-36-41-47-53-59-71(3)4)69-93-97(85,86)91-65-73(80)66-92-98(87,88)94-70-75(68-90-77(82)62-56-50-46-40-42-48-54-60-72(5)6)96-78(83)63-57-51-44-38-32-18-16-14-12-10-8-2/h71-75,80H,7-70H2,1-6H3,(H,85,86)(H,87,88)/t73-,74-,75-/m1/s1. The molecule has 0 rings (SSSR count). The van der Waals surface area contributed by atoms with Crippen molar-refractivity contribution in [1.82, 2.24) is 0 Å². The molecular formula is C79H154O17P2. The number of carbonyl (C=O) groups is 4. The summed E-state index contributed by atoms with van der Waals surface area (Å²) in [6.07, 6.45) is 59.8. The van der Waals surface area contributed by atoms with Crippen LogP contribution >= 0.6 is 15.6 Å². The molecule has 582 valence electrons. The Bertz CT molecular complexity index is 1890. The summed E-state index contributed by atoms with van der Waals surface area (Å²) < 4.78 is 68.6. The average Bonchev–Trinajstić information content (AvgIpc) is 0.993. The third-order valence-corrected chi connectivity index (χ3v) is 20.4. The Kier molecular flexibility index (Phi) is 69.3. The summed E-state index contributed by atoms with van der Waals surface area (Å²) in [6.45, 7) is 9.58. The van der Waals surface area contributed by atoms with Gasteiger partial charge in [0.15, 0.2) is 12.2 Å². The van der Waals surface area contributed by atoms with Gasteiger partial charge in [0.05, 0.1) is 26.4 Å². The second-order valence-electron chi connectivity index (χ2n) is 29.4. The maximum atomic E-state index is 13.1. The lowest BCUT2D eigenvalue weighted by Gasteiger charge is -2.21. The van der Waals surface area contributed by atoms with Gasteiger partial charge < -0.3 is 33.8 Å². The minimum absolute atomic E-state index is 0.106. The molecule has 5 atom stereocenters. The van der Waals surface area contributed by atoms with E-state index in [1.165, 1.54) is 225 Å². The second kappa shape index (κ2) is 70.7. The van der Waals surface area contributed by atoms with E-state index in [4.69, 9.17) is 37.0 Å². The summed E-state index contributed by atoms with van der Waals surface area (Å²) in [4.78, 5) is 72.9. The Balaban J connectivity index is 5.21. The zero-order valence-corrected chi connectivity index (χ0v) is 65.9. The fourth-order valence-electron chi connectivity index (χ4n) is 12.2. The van der Waals surface area contributed by atoms with Crippen LogP contribution in [0.3, 0.4) is 0 Å². The van der Waals surface area contributed by atoms with Crippen LogP contribution < -0.4 is 0 Å². The van der Waals surface area contributed by atoms with Crippen molar-refractivity contribution in [1.29, 1.82) is 0 Å². The molecule has 0 aliphatic carbocycles. The predicted molar refractivity (Wildman–Crippen MR) is 400 cm³/mol. The summed E-state index contributed by atoms with van der Waals surface area (Å²) in [7, 11) is -9.91. The number of carbonyl (C=O) groups excluding carboxylic acids is 4. The van der Waals surface area contributed by atoms with E-state index in [0.29, 0.717) is 31.6 Å².